The molecule has 0 saturated heterocycles. The van der Waals surface area contributed by atoms with Crippen molar-refractivity contribution in [3.63, 3.8) is 0 Å². The fraction of sp³-hybridized carbons (Fsp3) is 0.176. The number of benzene rings is 2. The van der Waals surface area contributed by atoms with Crippen LogP contribution in [0.3, 0.4) is 0 Å². The highest BCUT2D eigenvalue weighted by atomic mass is 79.9. The Labute approximate surface area is 171 Å². The Morgan fingerprint density at radius 3 is 2.70 bits per heavy atom. The Balaban J connectivity index is 1.75. The topological polar surface area (TPSA) is 66.0 Å². The van der Waals surface area contributed by atoms with Crippen molar-refractivity contribution in [1.29, 1.82) is 0 Å². The molecule has 2 aromatic carbocycles. The van der Waals surface area contributed by atoms with Crippen molar-refractivity contribution in [3.05, 3.63) is 52.5 Å². The van der Waals surface area contributed by atoms with Crippen molar-refractivity contribution in [2.75, 3.05) is 13.0 Å². The number of ether oxygens (including phenoxy) is 1. The van der Waals surface area contributed by atoms with Gasteiger partial charge in [0.25, 0.3) is 5.76 Å². The number of methoxy groups -OCH3 is 1. The SMILES string of the molecule is COc1cc(CSc2nnc(-c3ccccc3Br)n2N)ccc1SC(F)F. The molecule has 0 fully saturated rings. The van der Waals surface area contributed by atoms with Gasteiger partial charge in [-0.2, -0.15) is 8.78 Å². The van der Waals surface area contributed by atoms with Gasteiger partial charge in [0.1, 0.15) is 5.75 Å². The van der Waals surface area contributed by atoms with Gasteiger partial charge in [0, 0.05) is 15.8 Å². The standard InChI is InChI=1S/C17H15BrF2N4OS2/c1-25-13-8-10(6-7-14(13)27-16(19)20)9-26-17-23-22-15(24(17)21)11-4-2-3-5-12(11)18/h2-8,16H,9,21H2,1H3. The predicted octanol–water partition coefficient (Wildman–Crippen LogP) is 5.04. The van der Waals surface area contributed by atoms with E-state index in [-0.39, 0.29) is 0 Å². The molecule has 1 aromatic heterocycles. The molecule has 2 N–H and O–H groups in total. The Hall–Kier alpha value is -1.78. The molecular weight excluding hydrogens is 458 g/mol. The smallest absolute Gasteiger partial charge is 0.289 e. The number of nitrogen functional groups attached to an aromatic ring is 1. The molecule has 0 spiro atoms. The molecule has 3 aromatic rings. The number of halogens is 3. The lowest BCUT2D eigenvalue weighted by atomic mass is 10.2. The van der Waals surface area contributed by atoms with Crippen LogP contribution in [0.25, 0.3) is 11.4 Å². The molecule has 3 rings (SSSR count). The van der Waals surface area contributed by atoms with E-state index in [0.717, 1.165) is 15.6 Å². The maximum Gasteiger partial charge on any atom is 0.289 e. The van der Waals surface area contributed by atoms with Gasteiger partial charge >= 0.3 is 0 Å². The number of thioether (sulfide) groups is 2. The minimum absolute atomic E-state index is 0.402. The van der Waals surface area contributed by atoms with Gasteiger partial charge in [0.05, 0.1) is 12.0 Å². The summed E-state index contributed by atoms with van der Waals surface area (Å²) in [6, 6.07) is 12.8. The number of nitrogens with zero attached hydrogens (tertiary/aromatic N) is 3. The van der Waals surface area contributed by atoms with Gasteiger partial charge in [-0.05, 0) is 29.8 Å². The fourth-order valence-corrected chi connectivity index (χ4v) is 4.20. The third-order valence-corrected chi connectivity index (χ3v) is 6.07. The van der Waals surface area contributed by atoms with Crippen LogP contribution in [0.1, 0.15) is 5.56 Å². The van der Waals surface area contributed by atoms with Gasteiger partial charge in [-0.25, -0.2) is 4.68 Å². The van der Waals surface area contributed by atoms with Crippen LogP contribution in [0.4, 0.5) is 8.78 Å². The second-order valence-corrected chi connectivity index (χ2v) is 8.14. The molecule has 0 atom stereocenters. The second kappa shape index (κ2) is 8.94. The molecule has 0 bridgehead atoms. The first-order chi connectivity index (χ1) is 13.0. The highest BCUT2D eigenvalue weighted by Gasteiger charge is 2.15. The van der Waals surface area contributed by atoms with Crippen LogP contribution in [0.15, 0.2) is 57.0 Å². The van der Waals surface area contributed by atoms with Crippen molar-refractivity contribution in [2.24, 2.45) is 0 Å². The summed E-state index contributed by atoms with van der Waals surface area (Å²) in [5, 5.41) is 8.86. The Morgan fingerprint density at radius 2 is 2.00 bits per heavy atom. The van der Waals surface area contributed by atoms with E-state index in [2.05, 4.69) is 26.1 Å². The quantitative estimate of drug-likeness (QED) is 0.383. The summed E-state index contributed by atoms with van der Waals surface area (Å²) >= 11 is 5.34. The second-order valence-electron chi connectivity index (χ2n) is 5.31. The molecule has 27 heavy (non-hydrogen) atoms. The summed E-state index contributed by atoms with van der Waals surface area (Å²) < 4.78 is 32.7. The van der Waals surface area contributed by atoms with Gasteiger partial charge in [0.15, 0.2) is 5.82 Å². The van der Waals surface area contributed by atoms with E-state index in [4.69, 9.17) is 10.6 Å². The molecule has 0 aliphatic rings. The van der Waals surface area contributed by atoms with Gasteiger partial charge < -0.3 is 10.6 Å². The molecule has 10 heteroatoms. The molecule has 5 nitrogen and oxygen atoms in total. The van der Waals surface area contributed by atoms with Crippen LogP contribution >= 0.6 is 39.5 Å². The summed E-state index contributed by atoms with van der Waals surface area (Å²) in [6.07, 6.45) is 0. The predicted molar refractivity (Wildman–Crippen MR) is 108 cm³/mol. The number of hydrogen-bond acceptors (Lipinski definition) is 6. The van der Waals surface area contributed by atoms with Gasteiger partial charge in [-0.3, -0.25) is 0 Å². The maximum absolute atomic E-state index is 12.6. The molecule has 0 aliphatic heterocycles. The first kappa shape index (κ1) is 20.0. The summed E-state index contributed by atoms with van der Waals surface area (Å²) in [5.41, 5.74) is 1.75. The highest BCUT2D eigenvalue weighted by Crippen LogP contribution is 2.35. The van der Waals surface area contributed by atoms with E-state index < -0.39 is 5.76 Å². The molecule has 1 heterocycles. The minimum atomic E-state index is -2.49. The van der Waals surface area contributed by atoms with E-state index in [1.807, 2.05) is 24.3 Å². The minimum Gasteiger partial charge on any atom is -0.496 e. The molecule has 0 aliphatic carbocycles. The lowest BCUT2D eigenvalue weighted by molar-refractivity contribution is 0.251. The van der Waals surface area contributed by atoms with Gasteiger partial charge in [-0.15, -0.1) is 10.2 Å². The van der Waals surface area contributed by atoms with Gasteiger partial charge in [-0.1, -0.05) is 57.7 Å². The normalized spacial score (nSPS) is 11.1. The summed E-state index contributed by atoms with van der Waals surface area (Å²) in [6.45, 7) is 0. The summed E-state index contributed by atoms with van der Waals surface area (Å²) in [4.78, 5) is 0.402. The first-order valence-corrected chi connectivity index (χ1v) is 10.4. The van der Waals surface area contributed by atoms with E-state index in [1.54, 1.807) is 18.2 Å². The third-order valence-electron chi connectivity index (χ3n) is 3.59. The van der Waals surface area contributed by atoms with Crippen molar-refractivity contribution >= 4 is 39.5 Å². The summed E-state index contributed by atoms with van der Waals surface area (Å²) in [7, 11) is 1.46. The van der Waals surface area contributed by atoms with Crippen molar-refractivity contribution in [1.82, 2.24) is 14.9 Å². The maximum atomic E-state index is 12.6. The Morgan fingerprint density at radius 1 is 1.22 bits per heavy atom. The van der Waals surface area contributed by atoms with Gasteiger partial charge in [0.2, 0.25) is 5.16 Å². The highest BCUT2D eigenvalue weighted by molar-refractivity contribution is 9.10. The van der Waals surface area contributed by atoms with Crippen LogP contribution in [-0.2, 0) is 5.75 Å². The lowest BCUT2D eigenvalue weighted by Crippen LogP contribution is -2.11. The van der Waals surface area contributed by atoms with Crippen molar-refractivity contribution < 1.29 is 13.5 Å². The van der Waals surface area contributed by atoms with E-state index in [0.29, 0.717) is 39.1 Å². The number of nitrogens with two attached hydrogens (primary N) is 1. The fourth-order valence-electron chi connectivity index (χ4n) is 2.34. The average Bonchev–Trinajstić information content (AvgIpc) is 3.01. The summed E-state index contributed by atoms with van der Waals surface area (Å²) in [5.74, 6) is 5.16. The van der Waals surface area contributed by atoms with Crippen LogP contribution < -0.4 is 10.6 Å². The van der Waals surface area contributed by atoms with Crippen LogP contribution in [-0.4, -0.2) is 27.7 Å². The van der Waals surface area contributed by atoms with Crippen LogP contribution in [0.5, 0.6) is 5.75 Å². The van der Waals surface area contributed by atoms with Crippen LogP contribution in [0.2, 0.25) is 0 Å². The van der Waals surface area contributed by atoms with E-state index >= 15 is 0 Å². The molecule has 142 valence electrons. The zero-order chi connectivity index (χ0) is 19.4. The van der Waals surface area contributed by atoms with Crippen molar-refractivity contribution in [2.45, 2.75) is 21.6 Å². The zero-order valence-corrected chi connectivity index (χ0v) is 17.3. The number of hydrogen-bond donors (Lipinski definition) is 1. The average molecular weight is 473 g/mol. The first-order valence-electron chi connectivity index (χ1n) is 7.69. The van der Waals surface area contributed by atoms with Crippen molar-refractivity contribution in [3.8, 4) is 17.1 Å². The van der Waals surface area contributed by atoms with Crippen LogP contribution in [0, 0.1) is 0 Å². The molecule has 0 amide bonds. The largest absolute Gasteiger partial charge is 0.496 e. The third kappa shape index (κ3) is 4.74. The number of rotatable bonds is 7. The lowest BCUT2D eigenvalue weighted by Gasteiger charge is -2.10. The number of aromatic nitrogens is 3. The van der Waals surface area contributed by atoms with E-state index in [1.165, 1.54) is 23.5 Å². The molecule has 0 radical (unpaired) electrons. The molecular formula is C17H15BrF2N4OS2. The van der Waals surface area contributed by atoms with E-state index in [9.17, 15) is 8.78 Å². The Bertz CT molecular complexity index is 939. The molecule has 0 saturated carbocycles. The molecule has 0 unspecified atom stereocenters. The Kier molecular flexibility index (Phi) is 6.61. The number of alkyl halides is 2. The monoisotopic (exact) mass is 472 g/mol. The zero-order valence-electron chi connectivity index (χ0n) is 14.1.